The lowest BCUT2D eigenvalue weighted by molar-refractivity contribution is -0.116. The maximum atomic E-state index is 13.7. The highest BCUT2D eigenvalue weighted by atomic mass is 79.9. The molecule has 3 aromatic rings. The first-order valence-electron chi connectivity index (χ1n) is 11.0. The van der Waals surface area contributed by atoms with E-state index in [9.17, 15) is 4.79 Å². The number of carbonyl (C=O) groups excluding carboxylic acids is 1. The van der Waals surface area contributed by atoms with Crippen molar-refractivity contribution in [1.82, 2.24) is 0 Å². The highest BCUT2D eigenvalue weighted by molar-refractivity contribution is 9.10. The molecular weight excluding hydrogens is 516 g/mol. The van der Waals surface area contributed by atoms with Crippen LogP contribution in [0.5, 0.6) is 11.5 Å². The lowest BCUT2D eigenvalue weighted by Gasteiger charge is -2.30. The van der Waals surface area contributed by atoms with Crippen LogP contribution in [0.15, 0.2) is 76.4 Å². The summed E-state index contributed by atoms with van der Waals surface area (Å²) in [5.41, 5.74) is 5.45. The lowest BCUT2D eigenvalue weighted by Crippen LogP contribution is -2.27. The number of hydrogen-bond donors (Lipinski definition) is 2. The number of methoxy groups -OCH3 is 2. The summed E-state index contributed by atoms with van der Waals surface area (Å²) >= 11 is 9.64. The third-order valence-electron chi connectivity index (χ3n) is 6.47. The molecule has 174 valence electrons. The number of anilines is 2. The van der Waals surface area contributed by atoms with Crippen molar-refractivity contribution in [1.29, 1.82) is 0 Å². The number of benzene rings is 3. The fourth-order valence-corrected chi connectivity index (χ4v) is 5.42. The molecule has 0 saturated carbocycles. The molecule has 0 spiro atoms. The van der Waals surface area contributed by atoms with Gasteiger partial charge < -0.3 is 20.1 Å². The largest absolute Gasteiger partial charge is 0.496 e. The van der Waals surface area contributed by atoms with Crippen LogP contribution in [0.25, 0.3) is 0 Å². The van der Waals surface area contributed by atoms with Crippen molar-refractivity contribution in [3.8, 4) is 11.5 Å². The Morgan fingerprint density at radius 3 is 2.35 bits per heavy atom. The Morgan fingerprint density at radius 1 is 0.941 bits per heavy atom. The number of nitrogens with one attached hydrogen (secondary N) is 2. The van der Waals surface area contributed by atoms with Crippen molar-refractivity contribution in [3.05, 3.63) is 92.6 Å². The van der Waals surface area contributed by atoms with Crippen LogP contribution < -0.4 is 20.1 Å². The van der Waals surface area contributed by atoms with Crippen LogP contribution in [0.3, 0.4) is 0 Å². The van der Waals surface area contributed by atoms with Gasteiger partial charge in [-0.3, -0.25) is 4.79 Å². The first kappa shape index (κ1) is 22.8. The van der Waals surface area contributed by atoms with Gasteiger partial charge in [0.15, 0.2) is 5.78 Å². The third kappa shape index (κ3) is 4.17. The van der Waals surface area contributed by atoms with E-state index >= 15 is 0 Å². The van der Waals surface area contributed by atoms with E-state index in [1.54, 1.807) is 14.2 Å². The number of ether oxygens (including phenoxy) is 2. The fraction of sp³-hybridized carbons (Fsp3) is 0.222. The summed E-state index contributed by atoms with van der Waals surface area (Å²) < 4.78 is 12.1. The average molecular weight is 540 g/mol. The van der Waals surface area contributed by atoms with Crippen molar-refractivity contribution >= 4 is 44.7 Å². The molecule has 2 aliphatic rings. The lowest BCUT2D eigenvalue weighted by atomic mass is 9.78. The molecule has 1 aliphatic heterocycles. The van der Waals surface area contributed by atoms with Gasteiger partial charge in [0.25, 0.3) is 0 Å². The molecule has 2 atom stereocenters. The number of hydrogen-bond acceptors (Lipinski definition) is 5. The van der Waals surface area contributed by atoms with Crippen LogP contribution in [0, 0.1) is 0 Å². The zero-order valence-electron chi connectivity index (χ0n) is 18.8. The van der Waals surface area contributed by atoms with Gasteiger partial charge in [-0.05, 0) is 70.2 Å². The van der Waals surface area contributed by atoms with Gasteiger partial charge in [-0.1, -0.05) is 35.9 Å². The maximum Gasteiger partial charge on any atom is 0.163 e. The van der Waals surface area contributed by atoms with Gasteiger partial charge in [-0.2, -0.15) is 0 Å². The van der Waals surface area contributed by atoms with Gasteiger partial charge in [0.05, 0.1) is 36.1 Å². The second-order valence-corrected chi connectivity index (χ2v) is 9.74. The Morgan fingerprint density at radius 2 is 1.65 bits per heavy atom. The van der Waals surface area contributed by atoms with Crippen LogP contribution in [0.4, 0.5) is 11.4 Å². The standard InChI is InChI=1S/C27H24BrClN2O3/c1-33-24-14-19(28)25(34-2)13-18(24)27-26-22(30-20-5-3-4-6-21(20)31-27)11-16(12-23(26)32)15-7-9-17(29)10-8-15/h3-10,13-14,16,27,30-31H,11-12H2,1-2H3. The van der Waals surface area contributed by atoms with Gasteiger partial charge in [0, 0.05) is 28.3 Å². The fourth-order valence-electron chi connectivity index (χ4n) is 4.81. The summed E-state index contributed by atoms with van der Waals surface area (Å²) in [4.78, 5) is 13.7. The molecule has 5 nitrogen and oxygen atoms in total. The quantitative estimate of drug-likeness (QED) is 0.370. The van der Waals surface area contributed by atoms with Gasteiger partial charge in [-0.25, -0.2) is 0 Å². The van der Waals surface area contributed by atoms with Crippen LogP contribution >= 0.6 is 27.5 Å². The van der Waals surface area contributed by atoms with Crippen molar-refractivity contribution < 1.29 is 14.3 Å². The Kier molecular flexibility index (Phi) is 6.28. The van der Waals surface area contributed by atoms with E-state index in [1.807, 2.05) is 60.7 Å². The molecule has 0 radical (unpaired) electrons. The Hall–Kier alpha value is -2.96. The molecule has 0 aromatic heterocycles. The summed E-state index contributed by atoms with van der Waals surface area (Å²) in [7, 11) is 3.26. The van der Waals surface area contributed by atoms with Crippen LogP contribution in [0.1, 0.15) is 35.9 Å². The number of allylic oxidation sites excluding steroid dienone is 1. The third-order valence-corrected chi connectivity index (χ3v) is 7.34. The van der Waals surface area contributed by atoms with E-state index in [1.165, 1.54) is 0 Å². The number of Topliss-reactive ketones (excluding diaryl/α,β-unsaturated/α-hetero) is 1. The summed E-state index contributed by atoms with van der Waals surface area (Å²) in [5.74, 6) is 1.52. The smallest absolute Gasteiger partial charge is 0.163 e. The molecule has 2 unspecified atom stereocenters. The maximum absolute atomic E-state index is 13.7. The van der Waals surface area contributed by atoms with E-state index in [2.05, 4.69) is 26.6 Å². The van der Waals surface area contributed by atoms with Crippen molar-refractivity contribution in [2.24, 2.45) is 0 Å². The number of carbonyl (C=O) groups is 1. The number of halogens is 2. The molecular formula is C27H24BrClN2O3. The van der Waals surface area contributed by atoms with Crippen molar-refractivity contribution in [3.63, 3.8) is 0 Å². The highest BCUT2D eigenvalue weighted by Crippen LogP contribution is 2.47. The summed E-state index contributed by atoms with van der Waals surface area (Å²) in [5, 5.41) is 7.86. The topological polar surface area (TPSA) is 59.6 Å². The zero-order chi connectivity index (χ0) is 23.8. The summed E-state index contributed by atoms with van der Waals surface area (Å²) in [6.45, 7) is 0. The van der Waals surface area contributed by atoms with Gasteiger partial charge in [0.1, 0.15) is 11.5 Å². The molecule has 34 heavy (non-hydrogen) atoms. The summed E-state index contributed by atoms with van der Waals surface area (Å²) in [6, 6.07) is 19.2. The first-order valence-corrected chi connectivity index (χ1v) is 12.2. The van der Waals surface area contributed by atoms with Crippen LogP contribution in [0.2, 0.25) is 5.02 Å². The Bertz CT molecular complexity index is 1290. The highest BCUT2D eigenvalue weighted by Gasteiger charge is 2.37. The van der Waals surface area contributed by atoms with Crippen LogP contribution in [-0.4, -0.2) is 20.0 Å². The SMILES string of the molecule is COc1cc(C2Nc3ccccc3NC3=C2C(=O)CC(c2ccc(Cl)cc2)C3)c(OC)cc1Br. The van der Waals surface area contributed by atoms with Crippen molar-refractivity contribution in [2.75, 3.05) is 24.9 Å². The molecule has 0 saturated heterocycles. The van der Waals surface area contributed by atoms with E-state index in [0.717, 1.165) is 38.2 Å². The first-order chi connectivity index (χ1) is 16.5. The van der Waals surface area contributed by atoms with E-state index in [0.29, 0.717) is 29.4 Å². The van der Waals surface area contributed by atoms with Crippen molar-refractivity contribution in [2.45, 2.75) is 24.8 Å². The minimum atomic E-state index is -0.401. The van der Waals surface area contributed by atoms with Gasteiger partial charge in [-0.15, -0.1) is 0 Å². The second-order valence-electron chi connectivity index (χ2n) is 8.45. The minimum absolute atomic E-state index is 0.0725. The van der Waals surface area contributed by atoms with E-state index < -0.39 is 6.04 Å². The van der Waals surface area contributed by atoms with Crippen LogP contribution in [-0.2, 0) is 4.79 Å². The molecule has 1 aliphatic carbocycles. The molecule has 5 rings (SSSR count). The van der Waals surface area contributed by atoms with Gasteiger partial charge in [0.2, 0.25) is 0 Å². The number of ketones is 1. The molecule has 2 N–H and O–H groups in total. The minimum Gasteiger partial charge on any atom is -0.496 e. The Balaban J connectivity index is 1.65. The van der Waals surface area contributed by atoms with E-state index in [4.69, 9.17) is 21.1 Å². The number of para-hydroxylation sites is 2. The zero-order valence-corrected chi connectivity index (χ0v) is 21.2. The molecule has 1 heterocycles. The molecule has 0 bridgehead atoms. The normalized spacial score (nSPS) is 19.4. The predicted octanol–water partition coefficient (Wildman–Crippen LogP) is 7.10. The number of rotatable bonds is 4. The average Bonchev–Trinajstić information content (AvgIpc) is 3.01. The molecule has 0 fully saturated rings. The molecule has 7 heteroatoms. The molecule has 3 aromatic carbocycles. The second kappa shape index (κ2) is 9.35. The molecule has 0 amide bonds. The monoisotopic (exact) mass is 538 g/mol. The van der Waals surface area contributed by atoms with E-state index in [-0.39, 0.29) is 11.7 Å². The predicted molar refractivity (Wildman–Crippen MR) is 139 cm³/mol. The number of fused-ring (bicyclic) bond motifs is 1. The summed E-state index contributed by atoms with van der Waals surface area (Å²) in [6.07, 6.45) is 1.14. The Labute approximate surface area is 212 Å². The van der Waals surface area contributed by atoms with Gasteiger partial charge >= 0.3 is 0 Å².